The number of aromatic nitrogens is 1. The average molecular weight is 258 g/mol. The zero-order valence-corrected chi connectivity index (χ0v) is 10.1. The van der Waals surface area contributed by atoms with E-state index < -0.39 is 11.6 Å². The van der Waals surface area contributed by atoms with Crippen LogP contribution in [-0.2, 0) is 6.54 Å². The predicted octanol–water partition coefficient (Wildman–Crippen LogP) is 3.55. The van der Waals surface area contributed by atoms with Gasteiger partial charge in [-0.25, -0.2) is 8.78 Å². The number of benzene rings is 2. The van der Waals surface area contributed by atoms with Crippen molar-refractivity contribution in [3.8, 4) is 0 Å². The summed E-state index contributed by atoms with van der Waals surface area (Å²) in [6.07, 6.45) is 1.84. The molecular formula is C15H12F2N2. The maximum atomic E-state index is 13.6. The lowest BCUT2D eigenvalue weighted by molar-refractivity contribution is 0.496. The SMILES string of the molecule is Nc1ccc2c(ccn2Cc2cccc(F)c2F)c1. The van der Waals surface area contributed by atoms with E-state index in [0.717, 1.165) is 17.0 Å². The molecule has 0 aliphatic heterocycles. The fraction of sp³-hybridized carbons (Fsp3) is 0.0667. The van der Waals surface area contributed by atoms with Crippen molar-refractivity contribution in [2.75, 3.05) is 5.73 Å². The summed E-state index contributed by atoms with van der Waals surface area (Å²) >= 11 is 0. The third-order valence-electron chi connectivity index (χ3n) is 3.17. The molecule has 0 saturated carbocycles. The molecule has 0 saturated heterocycles. The fourth-order valence-corrected chi connectivity index (χ4v) is 2.21. The lowest BCUT2D eigenvalue weighted by Gasteiger charge is -2.07. The molecule has 3 aromatic rings. The second kappa shape index (κ2) is 4.39. The van der Waals surface area contributed by atoms with E-state index >= 15 is 0 Å². The number of rotatable bonds is 2. The van der Waals surface area contributed by atoms with Crippen molar-refractivity contribution in [2.45, 2.75) is 6.54 Å². The summed E-state index contributed by atoms with van der Waals surface area (Å²) in [6.45, 7) is 0.289. The minimum absolute atomic E-state index is 0.289. The molecule has 0 atom stereocenters. The Balaban J connectivity index is 2.04. The molecule has 0 amide bonds. The molecular weight excluding hydrogens is 246 g/mol. The van der Waals surface area contributed by atoms with E-state index in [4.69, 9.17) is 5.73 Å². The smallest absolute Gasteiger partial charge is 0.163 e. The van der Waals surface area contributed by atoms with Crippen LogP contribution in [0.3, 0.4) is 0 Å². The van der Waals surface area contributed by atoms with Gasteiger partial charge in [0.25, 0.3) is 0 Å². The van der Waals surface area contributed by atoms with Crippen LogP contribution >= 0.6 is 0 Å². The molecule has 0 radical (unpaired) electrons. The van der Waals surface area contributed by atoms with Crippen LogP contribution in [0.25, 0.3) is 10.9 Å². The van der Waals surface area contributed by atoms with E-state index in [-0.39, 0.29) is 6.54 Å². The predicted molar refractivity (Wildman–Crippen MR) is 71.8 cm³/mol. The maximum Gasteiger partial charge on any atom is 0.163 e. The Hall–Kier alpha value is -2.36. The zero-order valence-electron chi connectivity index (χ0n) is 10.1. The Morgan fingerprint density at radius 3 is 2.74 bits per heavy atom. The normalized spacial score (nSPS) is 11.1. The summed E-state index contributed by atoms with van der Waals surface area (Å²) in [5, 5.41) is 0.983. The minimum Gasteiger partial charge on any atom is -0.399 e. The molecule has 96 valence electrons. The summed E-state index contributed by atoms with van der Waals surface area (Å²) in [5.41, 5.74) is 7.66. The summed E-state index contributed by atoms with van der Waals surface area (Å²) in [5.74, 6) is -1.61. The van der Waals surface area contributed by atoms with E-state index in [1.165, 1.54) is 6.07 Å². The third kappa shape index (κ3) is 2.05. The van der Waals surface area contributed by atoms with Crippen LogP contribution in [-0.4, -0.2) is 4.57 Å². The molecule has 0 spiro atoms. The van der Waals surface area contributed by atoms with Crippen molar-refractivity contribution in [2.24, 2.45) is 0 Å². The number of halogens is 2. The Labute approximate surface area is 109 Å². The highest BCUT2D eigenvalue weighted by Gasteiger charge is 2.09. The van der Waals surface area contributed by atoms with Crippen molar-refractivity contribution < 1.29 is 8.78 Å². The topological polar surface area (TPSA) is 30.9 Å². The van der Waals surface area contributed by atoms with E-state index in [0.29, 0.717) is 11.3 Å². The Bertz CT molecular complexity index is 747. The molecule has 0 fully saturated rings. The van der Waals surface area contributed by atoms with E-state index in [9.17, 15) is 8.78 Å². The van der Waals surface area contributed by atoms with Gasteiger partial charge in [-0.3, -0.25) is 0 Å². The summed E-state index contributed by atoms with van der Waals surface area (Å²) in [4.78, 5) is 0. The van der Waals surface area contributed by atoms with Gasteiger partial charge in [0.15, 0.2) is 11.6 Å². The molecule has 3 rings (SSSR count). The zero-order chi connectivity index (χ0) is 13.4. The molecule has 0 aliphatic carbocycles. The van der Waals surface area contributed by atoms with Crippen molar-refractivity contribution in [1.29, 1.82) is 0 Å². The van der Waals surface area contributed by atoms with Crippen LogP contribution in [0.2, 0.25) is 0 Å². The van der Waals surface area contributed by atoms with Gasteiger partial charge in [0.05, 0.1) is 6.54 Å². The van der Waals surface area contributed by atoms with Crippen LogP contribution in [0.1, 0.15) is 5.56 Å². The highest BCUT2D eigenvalue weighted by atomic mass is 19.2. The van der Waals surface area contributed by atoms with Gasteiger partial charge in [-0.05, 0) is 30.3 Å². The first-order valence-corrected chi connectivity index (χ1v) is 5.92. The van der Waals surface area contributed by atoms with E-state index in [1.807, 2.05) is 29.0 Å². The summed E-state index contributed by atoms with van der Waals surface area (Å²) in [7, 11) is 0. The number of hydrogen-bond acceptors (Lipinski definition) is 1. The standard InChI is InChI=1S/C15H12F2N2/c16-13-3-1-2-11(15(13)17)9-19-7-6-10-8-12(18)4-5-14(10)19/h1-8H,9,18H2. The lowest BCUT2D eigenvalue weighted by Crippen LogP contribution is -2.02. The van der Waals surface area contributed by atoms with Crippen molar-refractivity contribution in [3.63, 3.8) is 0 Å². The number of fused-ring (bicyclic) bond motifs is 1. The molecule has 1 heterocycles. The Morgan fingerprint density at radius 1 is 1.05 bits per heavy atom. The Morgan fingerprint density at radius 2 is 1.89 bits per heavy atom. The Kier molecular flexibility index (Phi) is 2.71. The molecule has 0 bridgehead atoms. The second-order valence-corrected chi connectivity index (χ2v) is 4.47. The van der Waals surface area contributed by atoms with Gasteiger partial charge < -0.3 is 10.3 Å². The molecule has 0 aliphatic rings. The van der Waals surface area contributed by atoms with Crippen molar-refractivity contribution >= 4 is 16.6 Å². The van der Waals surface area contributed by atoms with Crippen molar-refractivity contribution in [3.05, 3.63) is 65.9 Å². The van der Waals surface area contributed by atoms with E-state index in [2.05, 4.69) is 0 Å². The van der Waals surface area contributed by atoms with Crippen LogP contribution in [0.4, 0.5) is 14.5 Å². The van der Waals surface area contributed by atoms with Crippen molar-refractivity contribution in [1.82, 2.24) is 4.57 Å². The maximum absolute atomic E-state index is 13.6. The quantitative estimate of drug-likeness (QED) is 0.700. The van der Waals surface area contributed by atoms with Gasteiger partial charge in [-0.15, -0.1) is 0 Å². The van der Waals surface area contributed by atoms with E-state index in [1.54, 1.807) is 12.1 Å². The molecule has 4 heteroatoms. The molecule has 0 unspecified atom stereocenters. The first-order valence-electron chi connectivity index (χ1n) is 5.92. The minimum atomic E-state index is -0.821. The number of hydrogen-bond donors (Lipinski definition) is 1. The monoisotopic (exact) mass is 258 g/mol. The highest BCUT2D eigenvalue weighted by Crippen LogP contribution is 2.21. The van der Waals surface area contributed by atoms with Gasteiger partial charge in [0, 0.05) is 28.4 Å². The third-order valence-corrected chi connectivity index (χ3v) is 3.17. The molecule has 2 aromatic carbocycles. The van der Waals surface area contributed by atoms with Crippen LogP contribution in [0.5, 0.6) is 0 Å². The number of anilines is 1. The highest BCUT2D eigenvalue weighted by molar-refractivity contribution is 5.83. The fourth-order valence-electron chi connectivity index (χ4n) is 2.21. The number of nitrogen functional groups attached to an aromatic ring is 1. The first-order chi connectivity index (χ1) is 9.15. The van der Waals surface area contributed by atoms with Crippen LogP contribution in [0.15, 0.2) is 48.7 Å². The molecule has 1 aromatic heterocycles. The first kappa shape index (κ1) is 11.7. The van der Waals surface area contributed by atoms with Gasteiger partial charge >= 0.3 is 0 Å². The van der Waals surface area contributed by atoms with Gasteiger partial charge in [-0.1, -0.05) is 12.1 Å². The van der Waals surface area contributed by atoms with Crippen LogP contribution in [0, 0.1) is 11.6 Å². The summed E-state index contributed by atoms with van der Waals surface area (Å²) < 4.78 is 28.7. The van der Waals surface area contributed by atoms with Gasteiger partial charge in [-0.2, -0.15) is 0 Å². The average Bonchev–Trinajstić information content (AvgIpc) is 2.77. The number of nitrogens with two attached hydrogens (primary N) is 1. The van der Waals surface area contributed by atoms with Gasteiger partial charge in [0.2, 0.25) is 0 Å². The largest absolute Gasteiger partial charge is 0.399 e. The molecule has 2 nitrogen and oxygen atoms in total. The summed E-state index contributed by atoms with van der Waals surface area (Å²) in [6, 6.07) is 11.6. The van der Waals surface area contributed by atoms with Crippen LogP contribution < -0.4 is 5.73 Å². The molecule has 19 heavy (non-hydrogen) atoms. The van der Waals surface area contributed by atoms with Gasteiger partial charge in [0.1, 0.15) is 0 Å². The second-order valence-electron chi connectivity index (χ2n) is 4.47. The number of nitrogens with zero attached hydrogens (tertiary/aromatic N) is 1. The molecule has 2 N–H and O–H groups in total. The lowest BCUT2D eigenvalue weighted by atomic mass is 10.2.